The number of carbonyl (C=O) groups is 2. The second-order valence-electron chi connectivity index (χ2n) is 5.14. The molecule has 1 fully saturated rings. The molecule has 19 heavy (non-hydrogen) atoms. The summed E-state index contributed by atoms with van der Waals surface area (Å²) in [6.07, 6.45) is 0. The number of amides is 2. The summed E-state index contributed by atoms with van der Waals surface area (Å²) < 4.78 is 13.3. The first-order chi connectivity index (χ1) is 8.90. The molecule has 1 aliphatic heterocycles. The largest absolute Gasteiger partial charge is 0.342 e. The molecule has 2 amide bonds. The SMILES string of the molecule is Cc1ccc(F)cc1N1CC(=O)NC(C(C)C)C1=O. The molecule has 1 heterocycles. The monoisotopic (exact) mass is 264 g/mol. The van der Waals surface area contributed by atoms with Gasteiger partial charge in [0.05, 0.1) is 5.69 Å². The lowest BCUT2D eigenvalue weighted by molar-refractivity contribution is -0.132. The van der Waals surface area contributed by atoms with Crippen molar-refractivity contribution in [2.45, 2.75) is 26.8 Å². The van der Waals surface area contributed by atoms with Crippen LogP contribution < -0.4 is 10.2 Å². The molecule has 0 bridgehead atoms. The minimum atomic E-state index is -0.552. The molecular formula is C14H17FN2O2. The van der Waals surface area contributed by atoms with Crippen molar-refractivity contribution in [1.82, 2.24) is 5.32 Å². The second kappa shape index (κ2) is 4.99. The van der Waals surface area contributed by atoms with Crippen molar-refractivity contribution >= 4 is 17.5 Å². The zero-order valence-corrected chi connectivity index (χ0v) is 11.2. The average molecular weight is 264 g/mol. The smallest absolute Gasteiger partial charge is 0.250 e. The fourth-order valence-electron chi connectivity index (χ4n) is 2.20. The molecule has 1 unspecified atom stereocenters. The van der Waals surface area contributed by atoms with Crippen LogP contribution in [0.3, 0.4) is 0 Å². The Morgan fingerprint density at radius 3 is 2.68 bits per heavy atom. The van der Waals surface area contributed by atoms with Crippen LogP contribution in [-0.4, -0.2) is 24.4 Å². The van der Waals surface area contributed by atoms with Crippen LogP contribution in [-0.2, 0) is 9.59 Å². The van der Waals surface area contributed by atoms with Crippen LogP contribution >= 0.6 is 0 Å². The molecule has 1 N–H and O–H groups in total. The van der Waals surface area contributed by atoms with Gasteiger partial charge in [-0.2, -0.15) is 0 Å². The highest BCUT2D eigenvalue weighted by atomic mass is 19.1. The van der Waals surface area contributed by atoms with E-state index >= 15 is 0 Å². The fourth-order valence-corrected chi connectivity index (χ4v) is 2.20. The zero-order valence-electron chi connectivity index (χ0n) is 11.2. The van der Waals surface area contributed by atoms with Gasteiger partial charge in [-0.25, -0.2) is 4.39 Å². The van der Waals surface area contributed by atoms with Gasteiger partial charge >= 0.3 is 0 Å². The minimum absolute atomic E-state index is 0.00637. The van der Waals surface area contributed by atoms with Crippen LogP contribution in [0, 0.1) is 18.7 Å². The Kier molecular flexibility index (Phi) is 3.55. The Balaban J connectivity index is 2.40. The maximum Gasteiger partial charge on any atom is 0.250 e. The summed E-state index contributed by atoms with van der Waals surface area (Å²) >= 11 is 0. The van der Waals surface area contributed by atoms with Crippen molar-refractivity contribution in [3.05, 3.63) is 29.6 Å². The van der Waals surface area contributed by atoms with Crippen molar-refractivity contribution < 1.29 is 14.0 Å². The highest BCUT2D eigenvalue weighted by Crippen LogP contribution is 2.24. The van der Waals surface area contributed by atoms with Crippen LogP contribution in [0.5, 0.6) is 0 Å². The number of nitrogens with one attached hydrogen (secondary N) is 1. The molecule has 1 aromatic rings. The molecule has 4 nitrogen and oxygen atoms in total. The summed E-state index contributed by atoms with van der Waals surface area (Å²) in [7, 11) is 0. The number of aryl methyl sites for hydroxylation is 1. The first-order valence-corrected chi connectivity index (χ1v) is 6.27. The lowest BCUT2D eigenvalue weighted by Crippen LogP contribution is -2.60. The average Bonchev–Trinajstić information content (AvgIpc) is 2.34. The van der Waals surface area contributed by atoms with Crippen molar-refractivity contribution in [2.24, 2.45) is 5.92 Å². The van der Waals surface area contributed by atoms with Gasteiger partial charge in [-0.3, -0.25) is 9.59 Å². The number of hydrogen-bond acceptors (Lipinski definition) is 2. The Bertz CT molecular complexity index is 528. The van der Waals surface area contributed by atoms with Gasteiger partial charge in [-0.15, -0.1) is 0 Å². The van der Waals surface area contributed by atoms with E-state index in [1.165, 1.54) is 17.0 Å². The van der Waals surface area contributed by atoms with E-state index in [2.05, 4.69) is 5.32 Å². The Labute approximate surface area is 111 Å². The van der Waals surface area contributed by atoms with Crippen LogP contribution in [0.25, 0.3) is 0 Å². The van der Waals surface area contributed by atoms with Crippen LogP contribution in [0.15, 0.2) is 18.2 Å². The molecule has 102 valence electrons. The van der Waals surface area contributed by atoms with Crippen molar-refractivity contribution in [1.29, 1.82) is 0 Å². The van der Waals surface area contributed by atoms with Gasteiger partial charge < -0.3 is 10.2 Å². The number of nitrogens with zero attached hydrogens (tertiary/aromatic N) is 1. The molecule has 0 aliphatic carbocycles. The van der Waals surface area contributed by atoms with Gasteiger partial charge in [0.25, 0.3) is 0 Å². The highest BCUT2D eigenvalue weighted by molar-refractivity contribution is 6.07. The minimum Gasteiger partial charge on any atom is -0.342 e. The maximum absolute atomic E-state index is 13.3. The quantitative estimate of drug-likeness (QED) is 0.882. The molecule has 2 rings (SSSR count). The van der Waals surface area contributed by atoms with E-state index in [9.17, 15) is 14.0 Å². The third-order valence-electron chi connectivity index (χ3n) is 3.28. The number of halogens is 1. The number of rotatable bonds is 2. The molecule has 1 aliphatic rings. The summed E-state index contributed by atoms with van der Waals surface area (Å²) in [6, 6.07) is 3.69. The third kappa shape index (κ3) is 2.59. The van der Waals surface area contributed by atoms with Crippen LogP contribution in [0.2, 0.25) is 0 Å². The topological polar surface area (TPSA) is 49.4 Å². The third-order valence-corrected chi connectivity index (χ3v) is 3.28. The second-order valence-corrected chi connectivity index (χ2v) is 5.14. The predicted octanol–water partition coefficient (Wildman–Crippen LogP) is 1.62. The van der Waals surface area contributed by atoms with Crippen LogP contribution in [0.4, 0.5) is 10.1 Å². The maximum atomic E-state index is 13.3. The van der Waals surface area contributed by atoms with E-state index in [1.54, 1.807) is 13.0 Å². The standard InChI is InChI=1S/C14H17FN2O2/c1-8(2)13-14(19)17(7-12(18)16-13)11-6-10(15)5-4-9(11)3/h4-6,8,13H,7H2,1-3H3,(H,16,18). The normalized spacial score (nSPS) is 19.8. The summed E-state index contributed by atoms with van der Waals surface area (Å²) in [6.45, 7) is 5.46. The Hall–Kier alpha value is -1.91. The van der Waals surface area contributed by atoms with E-state index in [4.69, 9.17) is 0 Å². The van der Waals surface area contributed by atoms with Gasteiger partial charge in [-0.05, 0) is 30.5 Å². The number of piperazine rings is 1. The lowest BCUT2D eigenvalue weighted by atomic mass is 9.99. The van der Waals surface area contributed by atoms with Crippen molar-refractivity contribution in [2.75, 3.05) is 11.4 Å². The first-order valence-electron chi connectivity index (χ1n) is 6.27. The van der Waals surface area contributed by atoms with E-state index < -0.39 is 11.9 Å². The molecule has 0 aromatic heterocycles. The van der Waals surface area contributed by atoms with E-state index in [0.29, 0.717) is 5.69 Å². The molecule has 0 radical (unpaired) electrons. The summed E-state index contributed by atoms with van der Waals surface area (Å²) in [5.41, 5.74) is 1.23. The number of benzene rings is 1. The van der Waals surface area contributed by atoms with Gasteiger partial charge in [0.2, 0.25) is 11.8 Å². The van der Waals surface area contributed by atoms with E-state index in [1.807, 2.05) is 13.8 Å². The van der Waals surface area contributed by atoms with E-state index in [-0.39, 0.29) is 24.3 Å². The molecule has 5 heteroatoms. The first kappa shape index (κ1) is 13.5. The Morgan fingerprint density at radius 1 is 1.37 bits per heavy atom. The Morgan fingerprint density at radius 2 is 2.05 bits per heavy atom. The molecule has 1 aromatic carbocycles. The van der Waals surface area contributed by atoms with Crippen molar-refractivity contribution in [3.8, 4) is 0 Å². The molecule has 1 saturated heterocycles. The molecule has 0 spiro atoms. The van der Waals surface area contributed by atoms with Crippen molar-refractivity contribution in [3.63, 3.8) is 0 Å². The highest BCUT2D eigenvalue weighted by Gasteiger charge is 2.35. The summed E-state index contributed by atoms with van der Waals surface area (Å²) in [5, 5.41) is 2.68. The molecular weight excluding hydrogens is 247 g/mol. The number of carbonyl (C=O) groups excluding carboxylic acids is 2. The summed E-state index contributed by atoms with van der Waals surface area (Å²) in [5.74, 6) is -0.834. The fraction of sp³-hybridized carbons (Fsp3) is 0.429. The van der Waals surface area contributed by atoms with Gasteiger partial charge in [0, 0.05) is 0 Å². The van der Waals surface area contributed by atoms with Gasteiger partial charge in [0.15, 0.2) is 0 Å². The van der Waals surface area contributed by atoms with Gasteiger partial charge in [0.1, 0.15) is 18.4 Å². The zero-order chi connectivity index (χ0) is 14.2. The molecule has 1 atom stereocenters. The molecule has 0 saturated carbocycles. The van der Waals surface area contributed by atoms with E-state index in [0.717, 1.165) is 5.56 Å². The number of hydrogen-bond donors (Lipinski definition) is 1. The lowest BCUT2D eigenvalue weighted by Gasteiger charge is -2.35. The predicted molar refractivity (Wildman–Crippen MR) is 70.3 cm³/mol. The van der Waals surface area contributed by atoms with Crippen LogP contribution in [0.1, 0.15) is 19.4 Å². The van der Waals surface area contributed by atoms with Gasteiger partial charge in [-0.1, -0.05) is 19.9 Å². The summed E-state index contributed by atoms with van der Waals surface area (Å²) in [4.78, 5) is 25.4. The number of anilines is 1.